The molecule has 1 fully saturated rings. The lowest BCUT2D eigenvalue weighted by molar-refractivity contribution is -0.121. The van der Waals surface area contributed by atoms with Gasteiger partial charge in [0.2, 0.25) is 0 Å². The van der Waals surface area contributed by atoms with E-state index in [1.165, 1.54) is 23.0 Å². The van der Waals surface area contributed by atoms with Gasteiger partial charge in [0.25, 0.3) is 17.7 Å². The first kappa shape index (κ1) is 30.1. The Morgan fingerprint density at radius 3 is 2.50 bits per heavy atom. The number of aromatic nitrogens is 2. The molecule has 1 saturated heterocycles. The first-order valence-corrected chi connectivity index (χ1v) is 15.0. The minimum absolute atomic E-state index is 0.0000912. The van der Waals surface area contributed by atoms with E-state index in [4.69, 9.17) is 39.5 Å². The number of amidine groups is 1. The summed E-state index contributed by atoms with van der Waals surface area (Å²) in [7, 11) is 0. The number of ether oxygens (including phenoxy) is 1. The van der Waals surface area contributed by atoms with Gasteiger partial charge >= 0.3 is 0 Å². The molecular weight excluding hydrogens is 627 g/mol. The number of nitrogens with zero attached hydrogens (tertiary/aromatic N) is 4. The molecule has 1 aliphatic carbocycles. The van der Waals surface area contributed by atoms with Crippen LogP contribution in [0, 0.1) is 5.92 Å². The third kappa shape index (κ3) is 4.92. The lowest BCUT2D eigenvalue weighted by Crippen LogP contribution is -2.41. The number of carbonyl (C=O) groups is 3. The van der Waals surface area contributed by atoms with Gasteiger partial charge < -0.3 is 15.4 Å². The average Bonchev–Trinajstić information content (AvgIpc) is 3.19. The highest BCUT2D eigenvalue weighted by Gasteiger charge is 2.74. The van der Waals surface area contributed by atoms with Crippen LogP contribution < -0.4 is 15.6 Å². The zero-order valence-electron chi connectivity index (χ0n) is 23.8. The molecule has 4 unspecified atom stereocenters. The summed E-state index contributed by atoms with van der Waals surface area (Å²) in [4.78, 5) is 40.6. The number of carbonyl (C=O) groups excluding carboxylic acids is 3. The van der Waals surface area contributed by atoms with E-state index in [-0.39, 0.29) is 44.0 Å². The van der Waals surface area contributed by atoms with E-state index in [1.807, 2.05) is 32.9 Å². The predicted molar refractivity (Wildman–Crippen MR) is 169 cm³/mol. The Labute approximate surface area is 268 Å². The molecule has 2 aliphatic heterocycles. The Bertz CT molecular complexity index is 1770. The summed E-state index contributed by atoms with van der Waals surface area (Å²) >= 11 is 18.8. The number of rotatable bonds is 6. The maximum atomic E-state index is 13.6. The van der Waals surface area contributed by atoms with E-state index in [1.54, 1.807) is 36.5 Å². The van der Waals surface area contributed by atoms with Gasteiger partial charge in [-0.25, -0.2) is 0 Å². The van der Waals surface area contributed by atoms with Crippen molar-refractivity contribution in [1.82, 2.24) is 15.1 Å². The number of nitrogens with one attached hydrogen (secondary N) is 2. The minimum atomic E-state index is -1.10. The summed E-state index contributed by atoms with van der Waals surface area (Å²) in [6.45, 7) is 5.96. The number of hydrazone groups is 1. The molecule has 2 aromatic carbocycles. The van der Waals surface area contributed by atoms with Crippen molar-refractivity contribution in [3.8, 4) is 0 Å². The summed E-state index contributed by atoms with van der Waals surface area (Å²) in [5.41, 5.74) is 0.133. The van der Waals surface area contributed by atoms with Gasteiger partial charge in [0, 0.05) is 34.6 Å². The van der Waals surface area contributed by atoms with E-state index < -0.39 is 29.1 Å². The number of benzene rings is 2. The summed E-state index contributed by atoms with van der Waals surface area (Å²) in [6.07, 6.45) is 9.58. The van der Waals surface area contributed by atoms with Gasteiger partial charge in [-0.05, 0) is 55.8 Å². The Balaban J connectivity index is 1.24. The molecular formula is C31H27Cl3N6O4. The first-order valence-electron chi connectivity index (χ1n) is 13.9. The fourth-order valence-corrected chi connectivity index (χ4v) is 6.85. The molecule has 4 atom stereocenters. The molecule has 2 N–H and O–H groups in total. The topological polar surface area (TPSA) is 121 Å². The zero-order chi connectivity index (χ0) is 31.4. The van der Waals surface area contributed by atoms with E-state index in [9.17, 15) is 14.4 Å². The molecule has 6 rings (SSSR count). The summed E-state index contributed by atoms with van der Waals surface area (Å²) in [5.74, 6) is -1.38. The van der Waals surface area contributed by atoms with Crippen LogP contribution in [0.2, 0.25) is 15.1 Å². The Hall–Kier alpha value is -3.96. The van der Waals surface area contributed by atoms with Crippen molar-refractivity contribution < 1.29 is 19.1 Å². The standard InChI is InChI=1S/C31H27Cl3N6O4/c1-4-30(31(44-30)10-9-17(2)13-18(31)3)29(43)36-21-8-5-7-19(14-21)27(41)37-26-25(39-12-6-11-35-39)28(42)40(38-26)24-22(33)15-20(32)16-23(24)34/h5-16,18,25H,4H2,1-3H3,(H,36,43)(H,37,38,41). The van der Waals surface area contributed by atoms with Gasteiger partial charge in [-0.15, -0.1) is 5.10 Å². The normalized spacial score (nSPS) is 25.6. The fourth-order valence-electron chi connectivity index (χ4n) is 5.87. The van der Waals surface area contributed by atoms with Crippen LogP contribution in [0.1, 0.15) is 43.6 Å². The second-order valence-electron chi connectivity index (χ2n) is 10.8. The maximum absolute atomic E-state index is 13.6. The molecule has 3 aliphatic rings. The molecule has 1 aromatic heterocycles. The van der Waals surface area contributed by atoms with Gasteiger partial charge in [0.15, 0.2) is 17.5 Å². The molecule has 3 aromatic rings. The molecule has 13 heteroatoms. The zero-order valence-corrected chi connectivity index (χ0v) is 26.1. The lowest BCUT2D eigenvalue weighted by atomic mass is 9.77. The second kappa shape index (κ2) is 11.2. The van der Waals surface area contributed by atoms with Crippen LogP contribution in [0.25, 0.3) is 0 Å². The van der Waals surface area contributed by atoms with E-state index in [0.29, 0.717) is 12.1 Å². The molecule has 0 saturated carbocycles. The molecule has 0 bridgehead atoms. The van der Waals surface area contributed by atoms with Crippen molar-refractivity contribution in [3.63, 3.8) is 0 Å². The molecule has 10 nitrogen and oxygen atoms in total. The van der Waals surface area contributed by atoms with Crippen LogP contribution in [0.3, 0.4) is 0 Å². The summed E-state index contributed by atoms with van der Waals surface area (Å²) in [5, 5.41) is 15.7. The number of allylic oxidation sites excluding steroid dienone is 2. The fraction of sp³-hybridized carbons (Fsp3) is 0.258. The molecule has 44 heavy (non-hydrogen) atoms. The number of halogens is 3. The van der Waals surface area contributed by atoms with Crippen molar-refractivity contribution in [3.05, 3.63) is 99.3 Å². The lowest BCUT2D eigenvalue weighted by Gasteiger charge is -2.23. The number of hydrogen-bond donors (Lipinski definition) is 2. The smallest absolute Gasteiger partial charge is 0.280 e. The van der Waals surface area contributed by atoms with E-state index in [0.717, 1.165) is 10.6 Å². The first-order chi connectivity index (χ1) is 21.0. The number of amides is 3. The molecule has 3 heterocycles. The highest BCUT2D eigenvalue weighted by Crippen LogP contribution is 2.58. The van der Waals surface area contributed by atoms with E-state index in [2.05, 4.69) is 26.9 Å². The average molecular weight is 654 g/mol. The van der Waals surface area contributed by atoms with Crippen LogP contribution in [-0.2, 0) is 14.3 Å². The SMILES string of the molecule is CCC1(C(=O)Nc2cccc(C(=O)NC3=NN(c4c(Cl)cc(Cl)cc4Cl)C(=O)C3n3cccn3)c2)OC12C=CC(C)=CC2C. The van der Waals surface area contributed by atoms with Crippen molar-refractivity contribution in [2.75, 3.05) is 10.3 Å². The van der Waals surface area contributed by atoms with Crippen molar-refractivity contribution in [1.29, 1.82) is 0 Å². The Kier molecular flexibility index (Phi) is 7.65. The maximum Gasteiger partial charge on any atom is 0.280 e. The van der Waals surface area contributed by atoms with Gasteiger partial charge in [-0.1, -0.05) is 72.4 Å². The van der Waals surface area contributed by atoms with Crippen LogP contribution in [0.5, 0.6) is 0 Å². The largest absolute Gasteiger partial charge is 0.347 e. The van der Waals surface area contributed by atoms with Gasteiger partial charge in [0.1, 0.15) is 11.3 Å². The van der Waals surface area contributed by atoms with Crippen LogP contribution >= 0.6 is 34.8 Å². The van der Waals surface area contributed by atoms with Gasteiger partial charge in [-0.2, -0.15) is 10.1 Å². The highest BCUT2D eigenvalue weighted by atomic mass is 35.5. The van der Waals surface area contributed by atoms with Crippen LogP contribution in [-0.4, -0.2) is 44.5 Å². The Morgan fingerprint density at radius 1 is 1.09 bits per heavy atom. The van der Waals surface area contributed by atoms with Crippen LogP contribution in [0.4, 0.5) is 11.4 Å². The van der Waals surface area contributed by atoms with Gasteiger partial charge in [0.05, 0.1) is 10.0 Å². The monoisotopic (exact) mass is 652 g/mol. The highest BCUT2D eigenvalue weighted by molar-refractivity contribution is 6.43. The third-order valence-corrected chi connectivity index (χ3v) is 8.89. The van der Waals surface area contributed by atoms with Crippen molar-refractivity contribution in [2.45, 2.75) is 44.4 Å². The van der Waals surface area contributed by atoms with E-state index >= 15 is 0 Å². The van der Waals surface area contributed by atoms with Crippen LogP contribution in [0.15, 0.2) is 83.8 Å². The molecule has 1 spiro atoms. The van der Waals surface area contributed by atoms with Gasteiger partial charge in [-0.3, -0.25) is 19.1 Å². The summed E-state index contributed by atoms with van der Waals surface area (Å²) < 4.78 is 7.52. The van der Waals surface area contributed by atoms with Crippen molar-refractivity contribution >= 4 is 69.7 Å². The molecule has 0 radical (unpaired) electrons. The second-order valence-corrected chi connectivity index (χ2v) is 12.1. The Morgan fingerprint density at radius 2 is 1.84 bits per heavy atom. The quantitative estimate of drug-likeness (QED) is 0.308. The minimum Gasteiger partial charge on any atom is -0.347 e. The predicted octanol–water partition coefficient (Wildman–Crippen LogP) is 6.18. The molecule has 226 valence electrons. The van der Waals surface area contributed by atoms with Crippen molar-refractivity contribution in [2.24, 2.45) is 11.0 Å². The number of anilines is 2. The number of hydrogen-bond acceptors (Lipinski definition) is 6. The molecule has 3 amide bonds. The summed E-state index contributed by atoms with van der Waals surface area (Å²) in [6, 6.07) is 9.87. The third-order valence-electron chi connectivity index (χ3n) is 8.10. The number of epoxide rings is 1.